The molecule has 0 saturated carbocycles. The maximum absolute atomic E-state index is 12.8. The van der Waals surface area contributed by atoms with Gasteiger partial charge in [0, 0.05) is 12.0 Å². The average Bonchev–Trinajstić information content (AvgIpc) is 3.22. The number of ether oxygens (including phenoxy) is 2. The van der Waals surface area contributed by atoms with E-state index in [1.807, 2.05) is 13.8 Å². The van der Waals surface area contributed by atoms with E-state index in [4.69, 9.17) is 14.1 Å². The number of rotatable bonds is 5. The van der Waals surface area contributed by atoms with Crippen LogP contribution in [-0.4, -0.2) is 49.4 Å². The highest BCUT2D eigenvalue weighted by molar-refractivity contribution is 6.62. The summed E-state index contributed by atoms with van der Waals surface area (Å²) in [6.45, 7) is 6.77. The van der Waals surface area contributed by atoms with Crippen molar-refractivity contribution in [1.82, 2.24) is 5.32 Å². The van der Waals surface area contributed by atoms with E-state index in [0.717, 1.165) is 5.56 Å². The Morgan fingerprint density at radius 2 is 2.15 bits per heavy atom. The molecule has 7 nitrogen and oxygen atoms in total. The Morgan fingerprint density at radius 1 is 1.38 bits per heavy atom. The van der Waals surface area contributed by atoms with Gasteiger partial charge in [-0.05, 0) is 35.5 Å². The van der Waals surface area contributed by atoms with Gasteiger partial charge in [0.05, 0.1) is 19.8 Å². The smallest absolute Gasteiger partial charge is 0.458 e. The van der Waals surface area contributed by atoms with E-state index in [2.05, 4.69) is 5.32 Å². The van der Waals surface area contributed by atoms with Crippen molar-refractivity contribution >= 4 is 24.5 Å². The number of hydrogen-bond acceptors (Lipinski definition) is 6. The molecule has 0 aromatic heterocycles. The summed E-state index contributed by atoms with van der Waals surface area (Å²) in [7, 11) is -1.02. The van der Waals surface area contributed by atoms with Crippen LogP contribution in [0.4, 0.5) is 0 Å². The molecule has 1 fully saturated rings. The minimum atomic E-state index is -1.02. The first-order valence-electron chi connectivity index (χ1n) is 8.89. The lowest BCUT2D eigenvalue weighted by atomic mass is 9.75. The molecular formula is C18H24BNO6. The molecule has 0 aliphatic carbocycles. The summed E-state index contributed by atoms with van der Waals surface area (Å²) in [6, 6.07) is 2.71. The third-order valence-electron chi connectivity index (χ3n) is 4.87. The minimum Gasteiger partial charge on any atom is -0.458 e. The van der Waals surface area contributed by atoms with E-state index >= 15 is 0 Å². The molecule has 1 amide bonds. The van der Waals surface area contributed by atoms with Crippen molar-refractivity contribution < 1.29 is 28.7 Å². The van der Waals surface area contributed by atoms with Crippen molar-refractivity contribution in [3.8, 4) is 0 Å². The summed E-state index contributed by atoms with van der Waals surface area (Å²) in [5, 5.41) is 12.7. The van der Waals surface area contributed by atoms with Gasteiger partial charge in [0.25, 0.3) is 5.91 Å². The number of esters is 1. The Hall–Kier alpha value is -1.90. The van der Waals surface area contributed by atoms with Crippen molar-refractivity contribution in [3.05, 3.63) is 28.8 Å². The van der Waals surface area contributed by atoms with Crippen LogP contribution >= 0.6 is 0 Å². The van der Waals surface area contributed by atoms with Crippen molar-refractivity contribution in [2.45, 2.75) is 45.9 Å². The standard InChI is InChI=1S/C18H24BNO6/c1-10(2)16(18(22)26-13-6-7-24-9-13)20-17(21)14-5-4-12-8-25-19(23)15(12)11(14)3/h4-5,10,13,16,23H,6-9H2,1-3H3,(H,20,21)/t13-,16-/m0/s1. The zero-order valence-electron chi connectivity index (χ0n) is 15.3. The first-order valence-corrected chi connectivity index (χ1v) is 8.89. The quantitative estimate of drug-likeness (QED) is 0.579. The van der Waals surface area contributed by atoms with Crippen LogP contribution in [0.25, 0.3) is 0 Å². The highest BCUT2D eigenvalue weighted by Gasteiger charge is 2.33. The number of carbonyl (C=O) groups is 2. The fourth-order valence-corrected chi connectivity index (χ4v) is 3.31. The third-order valence-corrected chi connectivity index (χ3v) is 4.87. The van der Waals surface area contributed by atoms with Gasteiger partial charge >= 0.3 is 13.1 Å². The first-order chi connectivity index (χ1) is 12.4. The highest BCUT2D eigenvalue weighted by Crippen LogP contribution is 2.17. The van der Waals surface area contributed by atoms with E-state index < -0.39 is 19.1 Å². The number of benzene rings is 1. The molecule has 2 aliphatic rings. The van der Waals surface area contributed by atoms with Gasteiger partial charge in [-0.1, -0.05) is 19.9 Å². The Bertz CT molecular complexity index is 701. The van der Waals surface area contributed by atoms with Gasteiger partial charge in [-0.25, -0.2) is 4.79 Å². The molecule has 1 aromatic rings. The van der Waals surface area contributed by atoms with Gasteiger partial charge in [-0.15, -0.1) is 0 Å². The fourth-order valence-electron chi connectivity index (χ4n) is 3.31. The third kappa shape index (κ3) is 3.77. The second-order valence-electron chi connectivity index (χ2n) is 7.09. The maximum atomic E-state index is 12.8. The monoisotopic (exact) mass is 361 g/mol. The Labute approximate surface area is 153 Å². The molecule has 0 radical (unpaired) electrons. The first kappa shape index (κ1) is 18.9. The van der Waals surface area contributed by atoms with Crippen LogP contribution in [0.2, 0.25) is 0 Å². The zero-order valence-corrected chi connectivity index (χ0v) is 15.3. The highest BCUT2D eigenvalue weighted by atomic mass is 16.6. The summed E-state index contributed by atoms with van der Waals surface area (Å²) < 4.78 is 15.9. The van der Waals surface area contributed by atoms with Crippen molar-refractivity contribution in [2.24, 2.45) is 5.92 Å². The largest absolute Gasteiger partial charge is 0.492 e. The van der Waals surface area contributed by atoms with E-state index in [1.165, 1.54) is 0 Å². The van der Waals surface area contributed by atoms with Gasteiger partial charge in [0.2, 0.25) is 0 Å². The Morgan fingerprint density at radius 3 is 2.81 bits per heavy atom. The second kappa shape index (κ2) is 7.78. The summed E-state index contributed by atoms with van der Waals surface area (Å²) >= 11 is 0. The molecule has 140 valence electrons. The SMILES string of the molecule is Cc1c(C(=O)N[C@H](C(=O)O[C@H]2CCOC2)C(C)C)ccc2c1B(O)OC2. The zero-order chi connectivity index (χ0) is 18.8. The van der Waals surface area contributed by atoms with Crippen molar-refractivity contribution in [3.63, 3.8) is 0 Å². The average molecular weight is 361 g/mol. The molecule has 2 atom stereocenters. The molecule has 1 aromatic carbocycles. The molecule has 26 heavy (non-hydrogen) atoms. The van der Waals surface area contributed by atoms with E-state index in [1.54, 1.807) is 19.1 Å². The Kier molecular flexibility index (Phi) is 5.65. The van der Waals surface area contributed by atoms with E-state index in [9.17, 15) is 14.6 Å². The molecule has 0 bridgehead atoms. The van der Waals surface area contributed by atoms with Crippen LogP contribution < -0.4 is 10.8 Å². The molecule has 2 heterocycles. The van der Waals surface area contributed by atoms with Crippen molar-refractivity contribution in [2.75, 3.05) is 13.2 Å². The number of hydrogen-bond donors (Lipinski definition) is 2. The van der Waals surface area contributed by atoms with E-state index in [-0.39, 0.29) is 17.9 Å². The van der Waals surface area contributed by atoms with Crippen LogP contribution in [0.5, 0.6) is 0 Å². The number of amides is 1. The summed E-state index contributed by atoms with van der Waals surface area (Å²) in [5.41, 5.74) is 2.57. The van der Waals surface area contributed by atoms with Gasteiger partial charge in [0.1, 0.15) is 12.1 Å². The van der Waals surface area contributed by atoms with Crippen LogP contribution in [0.3, 0.4) is 0 Å². The predicted molar refractivity (Wildman–Crippen MR) is 95.0 cm³/mol. The minimum absolute atomic E-state index is 0.127. The predicted octanol–water partition coefficient (Wildman–Crippen LogP) is 0.299. The summed E-state index contributed by atoms with van der Waals surface area (Å²) in [6.07, 6.45) is 0.418. The van der Waals surface area contributed by atoms with Crippen LogP contribution in [0.15, 0.2) is 12.1 Å². The summed E-state index contributed by atoms with van der Waals surface area (Å²) in [5.74, 6) is -0.953. The van der Waals surface area contributed by atoms with Crippen LogP contribution in [-0.2, 0) is 25.5 Å². The van der Waals surface area contributed by atoms with Gasteiger partial charge in [-0.2, -0.15) is 0 Å². The number of nitrogens with one attached hydrogen (secondary N) is 1. The molecule has 8 heteroatoms. The lowest BCUT2D eigenvalue weighted by Gasteiger charge is -2.23. The van der Waals surface area contributed by atoms with E-state index in [0.29, 0.717) is 42.8 Å². The van der Waals surface area contributed by atoms with Gasteiger partial charge < -0.3 is 24.5 Å². The molecule has 1 saturated heterocycles. The molecular weight excluding hydrogens is 337 g/mol. The molecule has 0 unspecified atom stereocenters. The summed E-state index contributed by atoms with van der Waals surface area (Å²) in [4.78, 5) is 25.2. The van der Waals surface area contributed by atoms with Crippen LogP contribution in [0.1, 0.15) is 41.8 Å². The normalized spacial score (nSPS) is 20.2. The Balaban J connectivity index is 1.74. The second-order valence-corrected chi connectivity index (χ2v) is 7.09. The topological polar surface area (TPSA) is 94.1 Å². The van der Waals surface area contributed by atoms with Gasteiger partial charge in [0.15, 0.2) is 0 Å². The van der Waals surface area contributed by atoms with Gasteiger partial charge in [-0.3, -0.25) is 4.79 Å². The lowest BCUT2D eigenvalue weighted by molar-refractivity contribution is -0.152. The van der Waals surface area contributed by atoms with Crippen molar-refractivity contribution in [1.29, 1.82) is 0 Å². The lowest BCUT2D eigenvalue weighted by Crippen LogP contribution is -2.47. The molecule has 3 rings (SSSR count). The van der Waals surface area contributed by atoms with Crippen LogP contribution in [0, 0.1) is 12.8 Å². The number of fused-ring (bicyclic) bond motifs is 1. The number of carbonyl (C=O) groups excluding carboxylic acids is 2. The fraction of sp³-hybridized carbons (Fsp3) is 0.556. The molecule has 0 spiro atoms. The molecule has 2 aliphatic heterocycles. The molecule has 2 N–H and O–H groups in total. The maximum Gasteiger partial charge on any atom is 0.492 e.